The van der Waals surface area contributed by atoms with Gasteiger partial charge in [0.25, 0.3) is 22.2 Å². The lowest BCUT2D eigenvalue weighted by molar-refractivity contribution is 0.786. The second-order valence-corrected chi connectivity index (χ2v) is 24.8. The van der Waals surface area contributed by atoms with Crippen molar-refractivity contribution in [3.63, 3.8) is 0 Å². The molecule has 0 amide bonds. The molecule has 0 saturated carbocycles. The second kappa shape index (κ2) is 19.1. The Morgan fingerprint density at radius 1 is 0.314 bits per heavy atom. The van der Waals surface area contributed by atoms with E-state index >= 15 is 0 Å². The predicted octanol–water partition coefficient (Wildman–Crippen LogP) is 19.0. The average molecular weight is 1120 g/mol. The molecule has 12 nitrogen and oxygen atoms in total. The maximum atomic E-state index is 15.0. The minimum absolute atomic E-state index is 0.0262. The summed E-state index contributed by atoms with van der Waals surface area (Å²) in [5.41, 5.74) is 23.1. The molecule has 0 aliphatic heterocycles. The van der Waals surface area contributed by atoms with Gasteiger partial charge in [-0.05, 0) is 238 Å². The Morgan fingerprint density at radius 3 is 0.779 bits per heavy atom. The molecule has 0 saturated heterocycles. The van der Waals surface area contributed by atoms with Gasteiger partial charge in [-0.2, -0.15) is 0 Å². The molecule has 0 atom stereocenters. The minimum Gasteiger partial charge on any atom is -0.268 e. The summed E-state index contributed by atoms with van der Waals surface area (Å²) in [6, 6.07) is 50.3. The largest absolute Gasteiger partial charge is 0.268 e. The van der Waals surface area contributed by atoms with Gasteiger partial charge in [0.05, 0.1) is 24.5 Å². The first-order valence-electron chi connectivity index (χ1n) is 29.5. The van der Waals surface area contributed by atoms with Gasteiger partial charge in [0.1, 0.15) is 0 Å². The highest BCUT2D eigenvalue weighted by Crippen LogP contribution is 2.46. The van der Waals surface area contributed by atoms with E-state index < -0.39 is 0 Å². The van der Waals surface area contributed by atoms with Gasteiger partial charge < -0.3 is 0 Å². The van der Waals surface area contributed by atoms with Crippen LogP contribution in [0.2, 0.25) is 0 Å². The average Bonchev–Trinajstić information content (AvgIpc) is 1.46. The number of benzene rings is 10. The van der Waals surface area contributed by atoms with E-state index in [2.05, 4.69) is 92.8 Å². The Kier molecular flexibility index (Phi) is 11.6. The van der Waals surface area contributed by atoms with E-state index in [0.717, 1.165) is 130 Å². The van der Waals surface area contributed by atoms with E-state index in [4.69, 9.17) is 11.1 Å². The summed E-state index contributed by atoms with van der Waals surface area (Å²) in [7, 11) is 0. The lowest BCUT2D eigenvalue weighted by Gasteiger charge is -2.23. The van der Waals surface area contributed by atoms with E-state index in [0.29, 0.717) is 43.7 Å². The first kappa shape index (κ1) is 52.4. The summed E-state index contributed by atoms with van der Waals surface area (Å²) < 4.78 is 2.77. The Bertz CT molecular complexity index is 5220. The summed E-state index contributed by atoms with van der Waals surface area (Å²) in [5, 5.41) is 29.7. The molecule has 416 valence electrons. The molecule has 13 aromatic carbocycles. The molecule has 15 rings (SSSR count). The van der Waals surface area contributed by atoms with Crippen LogP contribution in [-0.4, -0.2) is 9.13 Å². The number of hydrogen-bond acceptors (Lipinski definition) is 6. The molecule has 15 aromatic rings. The molecule has 0 bridgehead atoms. The number of azide groups is 2. The van der Waals surface area contributed by atoms with Crippen LogP contribution in [0.1, 0.15) is 112 Å². The Hall–Kier alpha value is -10.4. The third-order valence-corrected chi connectivity index (χ3v) is 18.5. The van der Waals surface area contributed by atoms with Crippen LogP contribution in [0.4, 0.5) is 0 Å². The molecule has 0 N–H and O–H groups in total. The van der Waals surface area contributed by atoms with Crippen LogP contribution in [0.15, 0.2) is 175 Å². The van der Waals surface area contributed by atoms with Crippen molar-refractivity contribution in [1.29, 1.82) is 0 Å². The third-order valence-electron chi connectivity index (χ3n) is 18.5. The predicted molar refractivity (Wildman–Crippen MR) is 356 cm³/mol. The smallest absolute Gasteiger partial charge is 0.266 e. The molecule has 0 radical (unpaired) electrons. The standard InChI is InChI=1S/C74H56N8O4/c1-35(2)57-21-39(33-77-79-75)22-58(36(3)4)69(57)81-71(83)53-17-13-49-61-29-45-25-41-9-11-43-27-47-31-63-51-15-19-55-68-56(74(86)82(73(55)85)70-59(37(5)6)23-40(34-78-80-76)24-60(70)38(7)8)20-16-52(66(51)68)64(63)32-48(47)28-44(43)12-10-42(41)26-46(45)30-62(61)50-14-18-54(72(81)84)67(53)65(49)50/h9-32,35-38H,33-34H2,1-8H3. The van der Waals surface area contributed by atoms with Crippen molar-refractivity contribution < 1.29 is 0 Å². The van der Waals surface area contributed by atoms with Crippen molar-refractivity contribution in [2.24, 2.45) is 10.2 Å². The van der Waals surface area contributed by atoms with E-state index in [9.17, 15) is 19.2 Å². The van der Waals surface area contributed by atoms with Gasteiger partial charge in [0, 0.05) is 42.1 Å². The van der Waals surface area contributed by atoms with Gasteiger partial charge >= 0.3 is 0 Å². The topological polar surface area (TPSA) is 176 Å². The maximum Gasteiger partial charge on any atom is 0.266 e. The lowest BCUT2D eigenvalue weighted by atomic mass is 9.89. The molecule has 0 fully saturated rings. The van der Waals surface area contributed by atoms with Gasteiger partial charge in [-0.25, -0.2) is 9.13 Å². The van der Waals surface area contributed by atoms with Crippen LogP contribution >= 0.6 is 0 Å². The van der Waals surface area contributed by atoms with E-state index in [1.54, 1.807) is 0 Å². The number of fused-ring (bicyclic) bond motifs is 10. The van der Waals surface area contributed by atoms with Gasteiger partial charge in [0.15, 0.2) is 0 Å². The van der Waals surface area contributed by atoms with Gasteiger partial charge in [-0.15, -0.1) is 0 Å². The highest BCUT2D eigenvalue weighted by molar-refractivity contribution is 6.38. The van der Waals surface area contributed by atoms with Gasteiger partial charge in [-0.3, -0.25) is 19.2 Å². The fourth-order valence-corrected chi connectivity index (χ4v) is 14.4. The molecule has 2 aromatic heterocycles. The number of rotatable bonds is 10. The zero-order valence-electron chi connectivity index (χ0n) is 48.8. The maximum absolute atomic E-state index is 15.0. The molecular weight excluding hydrogens is 1060 g/mol. The normalized spacial score (nSPS) is 12.4. The minimum atomic E-state index is -0.350. The zero-order valence-corrected chi connectivity index (χ0v) is 48.8. The lowest BCUT2D eigenvalue weighted by Crippen LogP contribution is -2.33. The van der Waals surface area contributed by atoms with E-state index in [1.807, 2.05) is 128 Å². The Balaban J connectivity index is 0.856. The Labute approximate surface area is 491 Å². The van der Waals surface area contributed by atoms with Crippen molar-refractivity contribution in [2.45, 2.75) is 92.2 Å². The van der Waals surface area contributed by atoms with Crippen molar-refractivity contribution >= 4 is 129 Å². The van der Waals surface area contributed by atoms with Crippen LogP contribution in [0.3, 0.4) is 0 Å². The number of pyridine rings is 2. The highest BCUT2D eigenvalue weighted by Gasteiger charge is 2.28. The summed E-state index contributed by atoms with van der Waals surface area (Å²) >= 11 is 0. The highest BCUT2D eigenvalue weighted by atomic mass is 16.2. The van der Waals surface area contributed by atoms with Crippen molar-refractivity contribution in [3.8, 4) is 11.4 Å². The summed E-state index contributed by atoms with van der Waals surface area (Å²) in [4.78, 5) is 65.8. The quantitative estimate of drug-likeness (QED) is 0.0753. The molecule has 0 unspecified atom stereocenters. The second-order valence-electron chi connectivity index (χ2n) is 24.8. The van der Waals surface area contributed by atoms with Crippen molar-refractivity contribution in [2.75, 3.05) is 0 Å². The molecule has 86 heavy (non-hydrogen) atoms. The fourth-order valence-electron chi connectivity index (χ4n) is 14.4. The summed E-state index contributed by atoms with van der Waals surface area (Å²) in [6.45, 7) is 16.7. The number of aromatic nitrogens is 2. The zero-order chi connectivity index (χ0) is 59.5. The first-order valence-corrected chi connectivity index (χ1v) is 29.5. The molecule has 12 heteroatoms. The van der Waals surface area contributed by atoms with Crippen LogP contribution in [0.5, 0.6) is 0 Å². The van der Waals surface area contributed by atoms with Gasteiger partial charge in [0.2, 0.25) is 0 Å². The first-order chi connectivity index (χ1) is 41.5. The van der Waals surface area contributed by atoms with Crippen LogP contribution < -0.4 is 22.2 Å². The fraction of sp³-hybridized carbons (Fsp3) is 0.189. The molecule has 0 aliphatic rings. The Morgan fingerprint density at radius 2 is 0.547 bits per heavy atom. The monoisotopic (exact) mass is 1120 g/mol. The molecule has 2 heterocycles. The SMILES string of the molecule is CC(C)c1cc(CN=[N+]=[N-])cc(C(C)C)c1-n1c(=O)c2ccc3c4cc5cc6ccc7cc8cc9c(cc8cc7ccc6cc5cc4c4ccc(c1=O)c2c34)c1ccc2c(=O)n(-c3c(C(C)C)cc(CN=[N+]=[N-])cc3C(C)C)c(=O)c3ccc9c1c32. The molecule has 0 aliphatic carbocycles. The van der Waals surface area contributed by atoms with Crippen LogP contribution in [-0.2, 0) is 13.1 Å². The van der Waals surface area contributed by atoms with Crippen molar-refractivity contribution in [1.82, 2.24) is 9.13 Å². The summed E-state index contributed by atoms with van der Waals surface area (Å²) in [6.07, 6.45) is 0. The van der Waals surface area contributed by atoms with Gasteiger partial charge in [-0.1, -0.05) is 138 Å². The third kappa shape index (κ3) is 7.49. The van der Waals surface area contributed by atoms with Crippen LogP contribution in [0, 0.1) is 0 Å². The van der Waals surface area contributed by atoms with Crippen LogP contribution in [0.25, 0.3) is 162 Å². The number of hydrogen-bond donors (Lipinski definition) is 0. The molecule has 0 spiro atoms. The van der Waals surface area contributed by atoms with E-state index in [-0.39, 0.29) is 59.0 Å². The molecular formula is C74H56N8O4. The number of nitrogens with zero attached hydrogens (tertiary/aromatic N) is 8. The summed E-state index contributed by atoms with van der Waals surface area (Å²) in [5.74, 6) is -0.105. The van der Waals surface area contributed by atoms with E-state index in [1.165, 1.54) is 9.13 Å². The van der Waals surface area contributed by atoms with Crippen molar-refractivity contribution in [3.05, 3.63) is 241 Å².